The van der Waals surface area contributed by atoms with Gasteiger partial charge in [0.05, 0.1) is 0 Å². The third-order valence-corrected chi connectivity index (χ3v) is 5.55. The Morgan fingerprint density at radius 2 is 2.26 bits per heavy atom. The third kappa shape index (κ3) is 3.79. The van der Waals surface area contributed by atoms with Crippen LogP contribution in [-0.2, 0) is 0 Å². The monoisotopic (exact) mass is 318 g/mol. The number of hydrogen-bond acceptors (Lipinski definition) is 3. The lowest BCUT2D eigenvalue weighted by Gasteiger charge is -2.37. The van der Waals surface area contributed by atoms with E-state index in [0.717, 1.165) is 18.7 Å². The summed E-state index contributed by atoms with van der Waals surface area (Å²) in [6, 6.07) is 5.89. The van der Waals surface area contributed by atoms with Crippen LogP contribution in [0.1, 0.15) is 24.9 Å². The Hall–Kier alpha value is 0.0700. The maximum Gasteiger partial charge on any atom is 0.0486 e. The van der Waals surface area contributed by atoms with Crippen LogP contribution in [0.5, 0.6) is 0 Å². The molecule has 0 amide bonds. The van der Waals surface area contributed by atoms with Crippen molar-refractivity contribution in [2.45, 2.75) is 24.6 Å². The quantitative estimate of drug-likeness (QED) is 0.915. The molecule has 0 radical (unpaired) electrons. The SMILES string of the molecule is CCC1CN(C(CN)c2ccc(Cl)cc2Cl)CCS1. The highest BCUT2D eigenvalue weighted by Gasteiger charge is 2.26. The van der Waals surface area contributed by atoms with Gasteiger partial charge in [-0.05, 0) is 24.1 Å². The minimum Gasteiger partial charge on any atom is -0.329 e. The molecular weight excluding hydrogens is 299 g/mol. The summed E-state index contributed by atoms with van der Waals surface area (Å²) in [4.78, 5) is 2.46. The van der Waals surface area contributed by atoms with E-state index in [1.54, 1.807) is 6.07 Å². The van der Waals surface area contributed by atoms with Gasteiger partial charge in [-0.15, -0.1) is 0 Å². The molecule has 5 heteroatoms. The van der Waals surface area contributed by atoms with Crippen molar-refractivity contribution in [1.82, 2.24) is 4.90 Å². The molecule has 1 aromatic rings. The van der Waals surface area contributed by atoms with Gasteiger partial charge in [-0.3, -0.25) is 4.90 Å². The molecule has 0 saturated carbocycles. The number of hydrogen-bond donors (Lipinski definition) is 1. The van der Waals surface area contributed by atoms with E-state index in [9.17, 15) is 0 Å². The summed E-state index contributed by atoms with van der Waals surface area (Å²) in [6.45, 7) is 4.99. The zero-order valence-electron chi connectivity index (χ0n) is 11.1. The van der Waals surface area contributed by atoms with E-state index in [1.807, 2.05) is 12.1 Å². The zero-order valence-corrected chi connectivity index (χ0v) is 13.4. The van der Waals surface area contributed by atoms with Crippen LogP contribution in [0.15, 0.2) is 18.2 Å². The standard InChI is InChI=1S/C14H20Cl2N2S/c1-2-11-9-18(5-6-19-11)14(8-17)12-4-3-10(15)7-13(12)16/h3-4,7,11,14H,2,5-6,8-9,17H2,1H3. The van der Waals surface area contributed by atoms with Gasteiger partial charge in [0, 0.05) is 46.7 Å². The van der Waals surface area contributed by atoms with Crippen molar-refractivity contribution in [3.8, 4) is 0 Å². The molecule has 1 aliphatic rings. The summed E-state index contributed by atoms with van der Waals surface area (Å²) >= 11 is 14.3. The first kappa shape index (κ1) is 15.5. The first-order chi connectivity index (χ1) is 9.15. The number of nitrogens with two attached hydrogens (primary N) is 1. The molecule has 0 aromatic heterocycles. The summed E-state index contributed by atoms with van der Waals surface area (Å²) in [6.07, 6.45) is 1.20. The minimum atomic E-state index is 0.194. The Bertz CT molecular complexity index is 428. The highest BCUT2D eigenvalue weighted by atomic mass is 35.5. The fourth-order valence-corrected chi connectivity index (χ4v) is 4.26. The van der Waals surface area contributed by atoms with Crippen molar-refractivity contribution >= 4 is 35.0 Å². The van der Waals surface area contributed by atoms with Crippen LogP contribution in [0.4, 0.5) is 0 Å². The molecular formula is C14H20Cl2N2S. The molecule has 2 rings (SSSR count). The van der Waals surface area contributed by atoms with Crippen molar-refractivity contribution in [3.63, 3.8) is 0 Å². The lowest BCUT2D eigenvalue weighted by Crippen LogP contribution is -2.42. The average molecular weight is 319 g/mol. The van der Waals surface area contributed by atoms with Gasteiger partial charge in [0.25, 0.3) is 0 Å². The Morgan fingerprint density at radius 1 is 1.47 bits per heavy atom. The molecule has 2 atom stereocenters. The number of halogens is 2. The molecule has 1 aromatic carbocycles. The second kappa shape index (κ2) is 7.19. The van der Waals surface area contributed by atoms with Gasteiger partial charge in [0.15, 0.2) is 0 Å². The fourth-order valence-electron chi connectivity index (χ4n) is 2.52. The van der Waals surface area contributed by atoms with Crippen LogP contribution in [-0.4, -0.2) is 35.5 Å². The normalized spacial score (nSPS) is 22.4. The molecule has 0 bridgehead atoms. The highest BCUT2D eigenvalue weighted by Crippen LogP contribution is 2.32. The third-order valence-electron chi connectivity index (χ3n) is 3.61. The molecule has 0 aliphatic carbocycles. The molecule has 19 heavy (non-hydrogen) atoms. The number of rotatable bonds is 4. The topological polar surface area (TPSA) is 29.3 Å². The molecule has 2 unspecified atom stereocenters. The smallest absolute Gasteiger partial charge is 0.0486 e. The van der Waals surface area contributed by atoms with Crippen LogP contribution >= 0.6 is 35.0 Å². The molecule has 0 spiro atoms. The summed E-state index contributed by atoms with van der Waals surface area (Å²) in [5.74, 6) is 1.17. The molecule has 2 nitrogen and oxygen atoms in total. The van der Waals surface area contributed by atoms with E-state index in [4.69, 9.17) is 28.9 Å². The van der Waals surface area contributed by atoms with E-state index in [-0.39, 0.29) is 6.04 Å². The van der Waals surface area contributed by atoms with Crippen molar-refractivity contribution in [1.29, 1.82) is 0 Å². The van der Waals surface area contributed by atoms with E-state index >= 15 is 0 Å². The van der Waals surface area contributed by atoms with E-state index in [1.165, 1.54) is 12.2 Å². The van der Waals surface area contributed by atoms with Crippen LogP contribution in [0, 0.1) is 0 Å². The molecule has 1 heterocycles. The predicted molar refractivity (Wildman–Crippen MR) is 86.4 cm³/mol. The fraction of sp³-hybridized carbons (Fsp3) is 0.571. The second-order valence-electron chi connectivity index (χ2n) is 4.81. The van der Waals surface area contributed by atoms with Crippen LogP contribution in [0.25, 0.3) is 0 Å². The zero-order chi connectivity index (χ0) is 13.8. The predicted octanol–water partition coefficient (Wildman–Crippen LogP) is 3.82. The molecule has 106 valence electrons. The van der Waals surface area contributed by atoms with Crippen molar-refractivity contribution in [2.75, 3.05) is 25.4 Å². The van der Waals surface area contributed by atoms with Gasteiger partial charge >= 0.3 is 0 Å². The van der Waals surface area contributed by atoms with Crippen molar-refractivity contribution in [2.24, 2.45) is 5.73 Å². The molecule has 2 N–H and O–H groups in total. The summed E-state index contributed by atoms with van der Waals surface area (Å²) < 4.78 is 0. The first-order valence-corrected chi connectivity index (χ1v) is 8.46. The van der Waals surface area contributed by atoms with E-state index in [0.29, 0.717) is 21.8 Å². The van der Waals surface area contributed by atoms with Gasteiger partial charge < -0.3 is 5.73 Å². The van der Waals surface area contributed by atoms with Gasteiger partial charge in [-0.25, -0.2) is 0 Å². The lowest BCUT2D eigenvalue weighted by atomic mass is 10.0. The maximum atomic E-state index is 6.32. The van der Waals surface area contributed by atoms with Gasteiger partial charge in [0.1, 0.15) is 0 Å². The second-order valence-corrected chi connectivity index (χ2v) is 7.07. The van der Waals surface area contributed by atoms with Gasteiger partial charge in [0.2, 0.25) is 0 Å². The van der Waals surface area contributed by atoms with Crippen LogP contribution in [0.3, 0.4) is 0 Å². The Kier molecular flexibility index (Phi) is 5.85. The Balaban J connectivity index is 2.19. The average Bonchev–Trinajstić information content (AvgIpc) is 2.42. The minimum absolute atomic E-state index is 0.194. The number of thioether (sulfide) groups is 1. The van der Waals surface area contributed by atoms with E-state index < -0.39 is 0 Å². The molecule has 1 fully saturated rings. The number of nitrogens with zero attached hydrogens (tertiary/aromatic N) is 1. The number of benzene rings is 1. The Labute approximate surface area is 129 Å². The maximum absolute atomic E-state index is 6.32. The summed E-state index contributed by atoms with van der Waals surface area (Å²) in [5.41, 5.74) is 7.08. The van der Waals surface area contributed by atoms with Crippen molar-refractivity contribution in [3.05, 3.63) is 33.8 Å². The summed E-state index contributed by atoms with van der Waals surface area (Å²) in [5, 5.41) is 2.09. The molecule has 1 saturated heterocycles. The van der Waals surface area contributed by atoms with Gasteiger partial charge in [-0.2, -0.15) is 11.8 Å². The lowest BCUT2D eigenvalue weighted by molar-refractivity contribution is 0.207. The Morgan fingerprint density at radius 3 is 2.89 bits per heavy atom. The first-order valence-electron chi connectivity index (χ1n) is 6.66. The van der Waals surface area contributed by atoms with E-state index in [2.05, 4.69) is 23.6 Å². The van der Waals surface area contributed by atoms with Crippen LogP contribution in [0.2, 0.25) is 10.0 Å². The largest absolute Gasteiger partial charge is 0.329 e. The highest BCUT2D eigenvalue weighted by molar-refractivity contribution is 8.00. The van der Waals surface area contributed by atoms with Gasteiger partial charge in [-0.1, -0.05) is 36.2 Å². The molecule has 1 aliphatic heterocycles. The summed E-state index contributed by atoms with van der Waals surface area (Å²) in [7, 11) is 0. The van der Waals surface area contributed by atoms with Crippen molar-refractivity contribution < 1.29 is 0 Å². The van der Waals surface area contributed by atoms with Crippen LogP contribution < -0.4 is 5.73 Å².